The van der Waals surface area contributed by atoms with Crippen LogP contribution in [0.4, 0.5) is 0 Å². The molecule has 82 valence electrons. The van der Waals surface area contributed by atoms with Gasteiger partial charge in [0.25, 0.3) is 0 Å². The molecule has 0 heterocycles. The van der Waals surface area contributed by atoms with Crippen LogP contribution in [0.5, 0.6) is 0 Å². The molecule has 1 aliphatic rings. The highest BCUT2D eigenvalue weighted by Crippen LogP contribution is 2.36. The van der Waals surface area contributed by atoms with E-state index in [2.05, 4.69) is 68.1 Å². The first-order chi connectivity index (χ1) is 7.79. The minimum absolute atomic E-state index is 0.179. The van der Waals surface area contributed by atoms with Crippen LogP contribution < -0.4 is 0 Å². The van der Waals surface area contributed by atoms with E-state index in [4.69, 9.17) is 0 Å². The van der Waals surface area contributed by atoms with E-state index in [-0.39, 0.29) is 5.41 Å². The zero-order chi connectivity index (χ0) is 11.4. The SMILES string of the molecule is C=CC1(CC)C=CC(c2ccccc2)=CC1. The number of rotatable bonds is 3. The first kappa shape index (κ1) is 10.9. The van der Waals surface area contributed by atoms with Gasteiger partial charge in [-0.05, 0) is 24.0 Å². The maximum absolute atomic E-state index is 3.94. The standard InChI is InChI=1S/C16H18/c1-3-16(4-2)12-10-15(11-13-16)14-8-6-5-7-9-14/h3,5-12H,1,4,13H2,2H3. The molecule has 16 heavy (non-hydrogen) atoms. The molecular formula is C16H18. The van der Waals surface area contributed by atoms with Crippen LogP contribution in [0.2, 0.25) is 0 Å². The van der Waals surface area contributed by atoms with E-state index in [1.165, 1.54) is 11.1 Å². The zero-order valence-electron chi connectivity index (χ0n) is 9.82. The van der Waals surface area contributed by atoms with Crippen LogP contribution in [0.15, 0.2) is 61.2 Å². The summed E-state index contributed by atoms with van der Waals surface area (Å²) in [4.78, 5) is 0. The summed E-state index contributed by atoms with van der Waals surface area (Å²) in [6.07, 6.45) is 11.1. The molecule has 0 amide bonds. The lowest BCUT2D eigenvalue weighted by molar-refractivity contribution is 0.479. The Bertz CT molecular complexity index is 423. The molecule has 0 nitrogen and oxygen atoms in total. The van der Waals surface area contributed by atoms with Gasteiger partial charge in [-0.15, -0.1) is 6.58 Å². The second-order valence-electron chi connectivity index (χ2n) is 4.35. The van der Waals surface area contributed by atoms with Crippen LogP contribution in [0, 0.1) is 5.41 Å². The molecule has 1 atom stereocenters. The summed E-state index contributed by atoms with van der Waals surface area (Å²) in [6.45, 7) is 6.16. The summed E-state index contributed by atoms with van der Waals surface area (Å²) in [7, 11) is 0. The van der Waals surface area contributed by atoms with Gasteiger partial charge in [0.05, 0.1) is 0 Å². The van der Waals surface area contributed by atoms with Crippen molar-refractivity contribution >= 4 is 5.57 Å². The van der Waals surface area contributed by atoms with Gasteiger partial charge in [-0.2, -0.15) is 0 Å². The van der Waals surface area contributed by atoms with E-state index in [1.54, 1.807) is 0 Å². The van der Waals surface area contributed by atoms with Crippen molar-refractivity contribution in [2.75, 3.05) is 0 Å². The second kappa shape index (κ2) is 4.52. The van der Waals surface area contributed by atoms with Crippen LogP contribution >= 0.6 is 0 Å². The Hall–Kier alpha value is -1.56. The van der Waals surface area contributed by atoms with Gasteiger partial charge in [0.2, 0.25) is 0 Å². The lowest BCUT2D eigenvalue weighted by Gasteiger charge is -2.27. The summed E-state index contributed by atoms with van der Waals surface area (Å²) in [5, 5.41) is 0. The normalized spacial score (nSPS) is 23.9. The molecule has 0 N–H and O–H groups in total. The predicted octanol–water partition coefficient (Wildman–Crippen LogP) is 4.61. The summed E-state index contributed by atoms with van der Waals surface area (Å²) in [5.74, 6) is 0. The molecule has 2 rings (SSSR count). The van der Waals surface area contributed by atoms with E-state index in [0.29, 0.717) is 0 Å². The number of allylic oxidation sites excluding steroid dienone is 5. The molecule has 0 fully saturated rings. The predicted molar refractivity (Wildman–Crippen MR) is 71.1 cm³/mol. The van der Waals surface area contributed by atoms with E-state index < -0.39 is 0 Å². The molecule has 1 aliphatic carbocycles. The summed E-state index contributed by atoms with van der Waals surface area (Å²) in [6, 6.07) is 10.5. The molecule has 0 heteroatoms. The van der Waals surface area contributed by atoms with E-state index >= 15 is 0 Å². The maximum atomic E-state index is 3.94. The number of hydrogen-bond donors (Lipinski definition) is 0. The maximum Gasteiger partial charge on any atom is 0.00938 e. The molecule has 1 aromatic carbocycles. The van der Waals surface area contributed by atoms with Crippen LogP contribution in [-0.2, 0) is 0 Å². The fourth-order valence-corrected chi connectivity index (χ4v) is 2.09. The van der Waals surface area contributed by atoms with E-state index in [0.717, 1.165) is 12.8 Å². The first-order valence-corrected chi connectivity index (χ1v) is 5.88. The largest absolute Gasteiger partial charge is 0.102 e. The third-order valence-corrected chi connectivity index (χ3v) is 3.47. The fourth-order valence-electron chi connectivity index (χ4n) is 2.09. The van der Waals surface area contributed by atoms with Gasteiger partial charge in [0.1, 0.15) is 0 Å². The van der Waals surface area contributed by atoms with Crippen molar-refractivity contribution in [3.8, 4) is 0 Å². The van der Waals surface area contributed by atoms with Crippen molar-refractivity contribution in [2.45, 2.75) is 19.8 Å². The van der Waals surface area contributed by atoms with E-state index in [1.807, 2.05) is 0 Å². The molecule has 0 spiro atoms. The fraction of sp³-hybridized carbons (Fsp3) is 0.250. The van der Waals surface area contributed by atoms with Crippen molar-refractivity contribution in [3.63, 3.8) is 0 Å². The Morgan fingerprint density at radius 1 is 1.31 bits per heavy atom. The van der Waals surface area contributed by atoms with Crippen LogP contribution in [0.3, 0.4) is 0 Å². The average molecular weight is 210 g/mol. The first-order valence-electron chi connectivity index (χ1n) is 5.88. The van der Waals surface area contributed by atoms with Crippen molar-refractivity contribution in [1.82, 2.24) is 0 Å². The Morgan fingerprint density at radius 2 is 2.06 bits per heavy atom. The van der Waals surface area contributed by atoms with Gasteiger partial charge in [0.15, 0.2) is 0 Å². The lowest BCUT2D eigenvalue weighted by atomic mass is 9.77. The lowest BCUT2D eigenvalue weighted by Crippen LogP contribution is -2.14. The zero-order valence-corrected chi connectivity index (χ0v) is 9.82. The van der Waals surface area contributed by atoms with Gasteiger partial charge >= 0.3 is 0 Å². The van der Waals surface area contributed by atoms with Crippen molar-refractivity contribution < 1.29 is 0 Å². The van der Waals surface area contributed by atoms with Gasteiger partial charge in [-0.1, -0.05) is 61.6 Å². The minimum atomic E-state index is 0.179. The third-order valence-electron chi connectivity index (χ3n) is 3.47. The Balaban J connectivity index is 2.23. The van der Waals surface area contributed by atoms with Crippen LogP contribution in [-0.4, -0.2) is 0 Å². The van der Waals surface area contributed by atoms with Gasteiger partial charge in [0, 0.05) is 5.41 Å². The van der Waals surface area contributed by atoms with Gasteiger partial charge in [-0.25, -0.2) is 0 Å². The molecule has 0 radical (unpaired) electrons. The average Bonchev–Trinajstić information content (AvgIpc) is 2.40. The van der Waals surface area contributed by atoms with Crippen molar-refractivity contribution in [2.24, 2.45) is 5.41 Å². The molecule has 0 saturated heterocycles. The summed E-state index contributed by atoms with van der Waals surface area (Å²) < 4.78 is 0. The molecule has 1 unspecified atom stereocenters. The van der Waals surface area contributed by atoms with Gasteiger partial charge < -0.3 is 0 Å². The topological polar surface area (TPSA) is 0 Å². The summed E-state index contributed by atoms with van der Waals surface area (Å²) in [5.41, 5.74) is 2.80. The third kappa shape index (κ3) is 2.01. The minimum Gasteiger partial charge on any atom is -0.102 e. The Labute approximate surface area is 98.0 Å². The van der Waals surface area contributed by atoms with E-state index in [9.17, 15) is 0 Å². The van der Waals surface area contributed by atoms with Crippen molar-refractivity contribution in [3.05, 3.63) is 66.8 Å². The highest BCUT2D eigenvalue weighted by molar-refractivity contribution is 5.75. The monoisotopic (exact) mass is 210 g/mol. The molecule has 0 bridgehead atoms. The Kier molecular flexibility index (Phi) is 3.09. The van der Waals surface area contributed by atoms with Crippen LogP contribution in [0.1, 0.15) is 25.3 Å². The molecular weight excluding hydrogens is 192 g/mol. The van der Waals surface area contributed by atoms with Crippen molar-refractivity contribution in [1.29, 1.82) is 0 Å². The molecule has 0 aromatic heterocycles. The second-order valence-corrected chi connectivity index (χ2v) is 4.35. The molecule has 0 saturated carbocycles. The molecule has 1 aromatic rings. The quantitative estimate of drug-likeness (QED) is 0.639. The van der Waals surface area contributed by atoms with Gasteiger partial charge in [-0.3, -0.25) is 0 Å². The number of benzene rings is 1. The Morgan fingerprint density at radius 3 is 2.56 bits per heavy atom. The number of hydrogen-bond acceptors (Lipinski definition) is 0. The molecule has 0 aliphatic heterocycles. The highest BCUT2D eigenvalue weighted by atomic mass is 14.3. The summed E-state index contributed by atoms with van der Waals surface area (Å²) >= 11 is 0. The van der Waals surface area contributed by atoms with Crippen LogP contribution in [0.25, 0.3) is 5.57 Å². The highest BCUT2D eigenvalue weighted by Gasteiger charge is 2.22. The smallest absolute Gasteiger partial charge is 0.00938 e.